The van der Waals surface area contributed by atoms with Gasteiger partial charge in [-0.15, -0.1) is 0 Å². The van der Waals surface area contributed by atoms with Crippen LogP contribution in [0.3, 0.4) is 0 Å². The molecule has 1 aromatic carbocycles. The molecule has 1 amide bonds. The quantitative estimate of drug-likeness (QED) is 0.382. The highest BCUT2D eigenvalue weighted by Gasteiger charge is 2.47. The van der Waals surface area contributed by atoms with E-state index in [0.29, 0.717) is 32.7 Å². The Kier molecular flexibility index (Phi) is 8.26. The summed E-state index contributed by atoms with van der Waals surface area (Å²) in [5.41, 5.74) is 2.99. The highest BCUT2D eigenvalue weighted by Crippen LogP contribution is 2.41. The summed E-state index contributed by atoms with van der Waals surface area (Å²) in [6, 6.07) is 9.69. The molecule has 39 heavy (non-hydrogen) atoms. The third-order valence-corrected chi connectivity index (χ3v) is 8.03. The van der Waals surface area contributed by atoms with Crippen LogP contribution >= 0.6 is 0 Å². The molecule has 9 heteroatoms. The number of carboxylic acids is 1. The third kappa shape index (κ3) is 5.98. The van der Waals surface area contributed by atoms with Crippen LogP contribution in [0.1, 0.15) is 43.2 Å². The lowest BCUT2D eigenvalue weighted by molar-refractivity contribution is -0.670. The number of carbonyl (C=O) groups excluding carboxylic acids is 1. The predicted molar refractivity (Wildman–Crippen MR) is 147 cm³/mol. The molecule has 0 radical (unpaired) electrons. The molecule has 3 aromatic rings. The second-order valence-electron chi connectivity index (χ2n) is 10.6. The zero-order chi connectivity index (χ0) is 27.4. The number of hydrogen-bond acceptors (Lipinski definition) is 5. The maximum Gasteiger partial charge on any atom is 0.308 e. The lowest BCUT2D eigenvalue weighted by atomic mass is 9.83. The first-order valence-electron chi connectivity index (χ1n) is 13.9. The Morgan fingerprint density at radius 3 is 2.90 bits per heavy atom. The Morgan fingerprint density at radius 2 is 2.15 bits per heavy atom. The van der Waals surface area contributed by atoms with Crippen LogP contribution in [0.15, 0.2) is 61.4 Å². The Hall–Kier alpha value is -3.72. The molecule has 5 rings (SSSR count). The van der Waals surface area contributed by atoms with E-state index >= 15 is 0 Å². The maximum atomic E-state index is 13.9. The summed E-state index contributed by atoms with van der Waals surface area (Å²) in [6.45, 7) is 4.72. The van der Waals surface area contributed by atoms with Crippen molar-refractivity contribution >= 4 is 17.6 Å². The summed E-state index contributed by atoms with van der Waals surface area (Å²) in [5.74, 6) is -0.780. The first-order chi connectivity index (χ1) is 18.9. The number of carbonyl (C=O) groups is 2. The summed E-state index contributed by atoms with van der Waals surface area (Å²) in [4.78, 5) is 34.7. The molecule has 0 spiro atoms. The van der Waals surface area contributed by atoms with Crippen LogP contribution in [-0.2, 0) is 29.6 Å². The summed E-state index contributed by atoms with van der Waals surface area (Å²) in [7, 11) is 1.95. The SMILES string of the molecule is CCCCN(C(=O)CN1C[C@H](c2ccc3c(c2)CCO3)[C@@H](C(=O)O)[C@@H]1CCn1ccnc1)c1ccc[n+](C)c1. The number of aromatic nitrogens is 3. The number of aryl methyl sites for hydroxylation is 2. The van der Waals surface area contributed by atoms with Gasteiger partial charge in [0.25, 0.3) is 0 Å². The smallest absolute Gasteiger partial charge is 0.308 e. The van der Waals surface area contributed by atoms with Crippen LogP contribution in [0.25, 0.3) is 0 Å². The first kappa shape index (κ1) is 26.9. The lowest BCUT2D eigenvalue weighted by Crippen LogP contribution is -2.45. The number of imidazole rings is 1. The first-order valence-corrected chi connectivity index (χ1v) is 13.9. The highest BCUT2D eigenvalue weighted by molar-refractivity contribution is 5.94. The summed E-state index contributed by atoms with van der Waals surface area (Å²) >= 11 is 0. The van der Waals surface area contributed by atoms with Crippen molar-refractivity contribution < 1.29 is 24.0 Å². The molecule has 4 heterocycles. The second kappa shape index (κ2) is 12.0. The monoisotopic (exact) mass is 532 g/mol. The van der Waals surface area contributed by atoms with Crippen molar-refractivity contribution in [2.45, 2.75) is 51.1 Å². The third-order valence-electron chi connectivity index (χ3n) is 8.03. The van der Waals surface area contributed by atoms with Gasteiger partial charge < -0.3 is 19.3 Å². The van der Waals surface area contributed by atoms with Crippen LogP contribution in [0.2, 0.25) is 0 Å². The molecule has 0 saturated carbocycles. The average molecular weight is 533 g/mol. The van der Waals surface area contributed by atoms with Gasteiger partial charge in [-0.25, -0.2) is 9.55 Å². The number of ether oxygens (including phenoxy) is 1. The standard InChI is InChI=1S/C30H37N5O4/c1-3-4-13-35(24-6-5-12-32(2)18-24)28(36)20-34-19-25(22-7-8-27-23(17-22)10-16-39-27)29(30(37)38)26(34)9-14-33-15-11-31-21-33/h5-8,11-12,15,17-18,21,25-26,29H,3-4,9-10,13-14,16,19-20H2,1-2H3/p+1/t25-,26+,29-/m1/s1. The van der Waals surface area contributed by atoms with E-state index in [1.807, 2.05) is 63.9 Å². The number of carboxylic acid groups (broad SMARTS) is 1. The van der Waals surface area contributed by atoms with Crippen molar-refractivity contribution in [3.63, 3.8) is 0 Å². The van der Waals surface area contributed by atoms with Gasteiger partial charge in [-0.2, -0.15) is 0 Å². The van der Waals surface area contributed by atoms with Gasteiger partial charge in [-0.05, 0) is 36.1 Å². The lowest BCUT2D eigenvalue weighted by Gasteiger charge is -2.29. The van der Waals surface area contributed by atoms with E-state index in [1.54, 1.807) is 12.5 Å². The maximum absolute atomic E-state index is 13.9. The van der Waals surface area contributed by atoms with Gasteiger partial charge in [0.15, 0.2) is 12.4 Å². The fourth-order valence-electron chi connectivity index (χ4n) is 6.03. The van der Waals surface area contributed by atoms with Gasteiger partial charge in [0.2, 0.25) is 5.91 Å². The number of nitrogens with zero attached hydrogens (tertiary/aromatic N) is 5. The van der Waals surface area contributed by atoms with Crippen molar-refractivity contribution in [1.29, 1.82) is 0 Å². The van der Waals surface area contributed by atoms with E-state index in [2.05, 4.69) is 22.9 Å². The van der Waals surface area contributed by atoms with Crippen molar-refractivity contribution in [2.24, 2.45) is 13.0 Å². The van der Waals surface area contributed by atoms with Crippen molar-refractivity contribution in [3.05, 3.63) is 72.6 Å². The number of unbranched alkanes of at least 4 members (excludes halogenated alkanes) is 1. The molecule has 0 bridgehead atoms. The van der Waals surface area contributed by atoms with E-state index in [1.165, 1.54) is 0 Å². The number of benzene rings is 1. The molecule has 0 aliphatic carbocycles. The molecule has 206 valence electrons. The molecule has 2 aromatic heterocycles. The van der Waals surface area contributed by atoms with Crippen LogP contribution in [0.4, 0.5) is 5.69 Å². The topological polar surface area (TPSA) is 91.8 Å². The molecule has 3 atom stereocenters. The summed E-state index contributed by atoms with van der Waals surface area (Å²) in [6.07, 6.45) is 12.6. The Labute approximate surface area is 229 Å². The van der Waals surface area contributed by atoms with Crippen LogP contribution in [0, 0.1) is 5.92 Å². The van der Waals surface area contributed by atoms with Crippen LogP contribution in [-0.4, -0.2) is 63.7 Å². The van der Waals surface area contributed by atoms with E-state index in [0.717, 1.165) is 41.8 Å². The second-order valence-corrected chi connectivity index (χ2v) is 10.6. The average Bonchev–Trinajstić information content (AvgIpc) is 3.67. The van der Waals surface area contributed by atoms with Gasteiger partial charge in [0.05, 0.1) is 25.4 Å². The van der Waals surface area contributed by atoms with Gasteiger partial charge in [-0.3, -0.25) is 14.5 Å². The largest absolute Gasteiger partial charge is 0.493 e. The molecule has 9 nitrogen and oxygen atoms in total. The van der Waals surface area contributed by atoms with Crippen LogP contribution in [0.5, 0.6) is 5.75 Å². The molecule has 0 unspecified atom stereocenters. The van der Waals surface area contributed by atoms with E-state index in [4.69, 9.17) is 4.74 Å². The minimum Gasteiger partial charge on any atom is -0.493 e. The number of likely N-dealkylation sites (tertiary alicyclic amines) is 1. The zero-order valence-electron chi connectivity index (χ0n) is 22.8. The van der Waals surface area contributed by atoms with E-state index < -0.39 is 11.9 Å². The molecule has 1 saturated heterocycles. The highest BCUT2D eigenvalue weighted by atomic mass is 16.5. The fraction of sp³-hybridized carbons (Fsp3) is 0.467. The number of amides is 1. The Morgan fingerprint density at radius 1 is 1.28 bits per heavy atom. The Bertz CT molecular complexity index is 1290. The normalized spacial score (nSPS) is 20.5. The predicted octanol–water partition coefficient (Wildman–Crippen LogP) is 3.03. The van der Waals surface area contributed by atoms with Gasteiger partial charge >= 0.3 is 5.97 Å². The van der Waals surface area contributed by atoms with Crippen molar-refractivity contribution in [1.82, 2.24) is 14.5 Å². The number of hydrogen-bond donors (Lipinski definition) is 1. The number of pyridine rings is 1. The molecule has 1 fully saturated rings. The van der Waals surface area contributed by atoms with Gasteiger partial charge in [0, 0.05) is 56.5 Å². The number of aliphatic carboxylic acids is 1. The zero-order valence-corrected chi connectivity index (χ0v) is 22.8. The van der Waals surface area contributed by atoms with Crippen LogP contribution < -0.4 is 14.2 Å². The summed E-state index contributed by atoms with van der Waals surface area (Å²) in [5, 5.41) is 10.5. The van der Waals surface area contributed by atoms with Gasteiger partial charge in [0.1, 0.15) is 18.5 Å². The summed E-state index contributed by atoms with van der Waals surface area (Å²) < 4.78 is 9.60. The number of rotatable bonds is 11. The Balaban J connectivity index is 1.43. The molecular weight excluding hydrogens is 494 g/mol. The van der Waals surface area contributed by atoms with Crippen molar-refractivity contribution in [3.8, 4) is 5.75 Å². The van der Waals surface area contributed by atoms with E-state index in [9.17, 15) is 14.7 Å². The minimum absolute atomic E-state index is 0.00516. The number of anilines is 1. The molecule has 2 aliphatic rings. The fourth-order valence-corrected chi connectivity index (χ4v) is 6.03. The van der Waals surface area contributed by atoms with E-state index in [-0.39, 0.29) is 24.4 Å². The molecular formula is C30H38N5O4+. The molecule has 1 N–H and O–H groups in total. The molecule has 2 aliphatic heterocycles. The van der Waals surface area contributed by atoms with Gasteiger partial charge in [-0.1, -0.05) is 25.5 Å². The van der Waals surface area contributed by atoms with Crippen molar-refractivity contribution in [2.75, 3.05) is 31.1 Å². The number of fused-ring (bicyclic) bond motifs is 1. The minimum atomic E-state index is -0.819.